The number of nitrogens with zero attached hydrogens (tertiary/aromatic N) is 1. The Morgan fingerprint density at radius 1 is 1.08 bits per heavy atom. The zero-order valence-electron chi connectivity index (χ0n) is 13.9. The van der Waals surface area contributed by atoms with E-state index >= 15 is 0 Å². The minimum Gasteiger partial charge on any atom is -0.351 e. The Hall–Kier alpha value is -3.06. The van der Waals surface area contributed by atoms with Gasteiger partial charge in [0, 0.05) is 10.9 Å². The Bertz CT molecular complexity index is 960. The number of fused-ring (bicyclic) bond motifs is 1. The lowest BCUT2D eigenvalue weighted by atomic mass is 9.88. The standard InChI is InChI=1S/C21H19N3O/c22-14-15-8-9-18-16(12-15)13-19(23-18)20(25)24-21(10-4-5-11-21)17-6-2-1-3-7-17/h1-3,6-9,12-13,23H,4-5,10-11H2,(H,24,25). The van der Waals surface area contributed by atoms with Crippen molar-refractivity contribution in [2.24, 2.45) is 0 Å². The number of H-pyrrole nitrogens is 1. The molecule has 1 heterocycles. The molecule has 4 rings (SSSR count). The molecule has 1 saturated carbocycles. The van der Waals surface area contributed by atoms with Gasteiger partial charge in [-0.25, -0.2) is 0 Å². The van der Waals surface area contributed by atoms with Crippen LogP contribution in [-0.2, 0) is 5.54 Å². The molecule has 0 spiro atoms. The lowest BCUT2D eigenvalue weighted by molar-refractivity contribution is 0.0894. The highest BCUT2D eigenvalue weighted by Crippen LogP contribution is 2.38. The molecule has 1 aliphatic rings. The van der Waals surface area contributed by atoms with Gasteiger partial charge in [0.05, 0.1) is 17.2 Å². The Balaban J connectivity index is 1.65. The SMILES string of the molecule is N#Cc1ccc2[nH]c(C(=O)NC3(c4ccccc4)CCCC3)cc2c1. The van der Waals surface area contributed by atoms with Crippen molar-refractivity contribution in [1.29, 1.82) is 5.26 Å². The molecule has 1 aliphatic carbocycles. The zero-order valence-corrected chi connectivity index (χ0v) is 13.9. The average Bonchev–Trinajstić information content (AvgIpc) is 3.29. The second-order valence-corrected chi connectivity index (χ2v) is 6.71. The molecule has 25 heavy (non-hydrogen) atoms. The quantitative estimate of drug-likeness (QED) is 0.754. The van der Waals surface area contributed by atoms with Crippen LogP contribution in [0.4, 0.5) is 0 Å². The summed E-state index contributed by atoms with van der Waals surface area (Å²) in [7, 11) is 0. The third-order valence-electron chi connectivity index (χ3n) is 5.13. The van der Waals surface area contributed by atoms with Crippen molar-refractivity contribution in [3.63, 3.8) is 0 Å². The van der Waals surface area contributed by atoms with Crippen LogP contribution in [0.1, 0.15) is 47.3 Å². The number of hydrogen-bond donors (Lipinski definition) is 2. The number of hydrogen-bond acceptors (Lipinski definition) is 2. The van der Waals surface area contributed by atoms with E-state index < -0.39 is 0 Å². The van der Waals surface area contributed by atoms with E-state index in [-0.39, 0.29) is 11.4 Å². The van der Waals surface area contributed by atoms with Gasteiger partial charge >= 0.3 is 0 Å². The number of amides is 1. The molecule has 0 unspecified atom stereocenters. The summed E-state index contributed by atoms with van der Waals surface area (Å²) < 4.78 is 0. The first kappa shape index (κ1) is 15.5. The molecule has 0 radical (unpaired) electrons. The summed E-state index contributed by atoms with van der Waals surface area (Å²) in [6.07, 6.45) is 4.16. The summed E-state index contributed by atoms with van der Waals surface area (Å²) in [6, 6.07) is 19.6. The molecule has 2 aromatic carbocycles. The van der Waals surface area contributed by atoms with Gasteiger partial charge in [-0.05, 0) is 42.7 Å². The van der Waals surface area contributed by atoms with Crippen LogP contribution in [0.25, 0.3) is 10.9 Å². The maximum Gasteiger partial charge on any atom is 0.268 e. The Labute approximate surface area is 146 Å². The van der Waals surface area contributed by atoms with Crippen LogP contribution < -0.4 is 5.32 Å². The number of carbonyl (C=O) groups is 1. The van der Waals surface area contributed by atoms with E-state index in [2.05, 4.69) is 28.5 Å². The van der Waals surface area contributed by atoms with Gasteiger partial charge in [-0.15, -0.1) is 0 Å². The van der Waals surface area contributed by atoms with Gasteiger partial charge in [-0.2, -0.15) is 5.26 Å². The molecule has 2 N–H and O–H groups in total. The van der Waals surface area contributed by atoms with Crippen LogP contribution in [-0.4, -0.2) is 10.9 Å². The van der Waals surface area contributed by atoms with Gasteiger partial charge in [-0.3, -0.25) is 4.79 Å². The molecule has 3 aromatic rings. The molecule has 1 amide bonds. The fraction of sp³-hybridized carbons (Fsp3) is 0.238. The average molecular weight is 329 g/mol. The van der Waals surface area contributed by atoms with E-state index in [1.54, 1.807) is 12.1 Å². The first-order valence-electron chi connectivity index (χ1n) is 8.61. The van der Waals surface area contributed by atoms with E-state index in [9.17, 15) is 4.79 Å². The van der Waals surface area contributed by atoms with E-state index in [4.69, 9.17) is 5.26 Å². The summed E-state index contributed by atoms with van der Waals surface area (Å²) in [5.41, 5.74) is 2.88. The Morgan fingerprint density at radius 3 is 2.56 bits per heavy atom. The van der Waals surface area contributed by atoms with Crippen LogP contribution in [0.3, 0.4) is 0 Å². The van der Waals surface area contributed by atoms with Crippen molar-refractivity contribution in [3.8, 4) is 6.07 Å². The van der Waals surface area contributed by atoms with Crippen LogP contribution >= 0.6 is 0 Å². The second kappa shape index (κ2) is 6.10. The second-order valence-electron chi connectivity index (χ2n) is 6.71. The summed E-state index contributed by atoms with van der Waals surface area (Å²) in [4.78, 5) is 16.1. The van der Waals surface area contributed by atoms with E-state index in [0.717, 1.165) is 36.6 Å². The van der Waals surface area contributed by atoms with E-state index in [1.807, 2.05) is 30.3 Å². The largest absolute Gasteiger partial charge is 0.351 e. The minimum absolute atomic E-state index is 0.0968. The third-order valence-corrected chi connectivity index (χ3v) is 5.13. The van der Waals surface area contributed by atoms with Crippen molar-refractivity contribution in [1.82, 2.24) is 10.3 Å². The predicted molar refractivity (Wildman–Crippen MR) is 97.1 cm³/mol. The van der Waals surface area contributed by atoms with Crippen molar-refractivity contribution < 1.29 is 4.79 Å². The number of benzene rings is 2. The van der Waals surface area contributed by atoms with Gasteiger partial charge in [0.2, 0.25) is 0 Å². The predicted octanol–water partition coefficient (Wildman–Crippen LogP) is 4.24. The lowest BCUT2D eigenvalue weighted by Gasteiger charge is -2.31. The molecule has 0 bridgehead atoms. The first-order chi connectivity index (χ1) is 12.2. The van der Waals surface area contributed by atoms with Gasteiger partial charge < -0.3 is 10.3 Å². The maximum absolute atomic E-state index is 12.9. The van der Waals surface area contributed by atoms with Gasteiger partial charge in [0.25, 0.3) is 5.91 Å². The van der Waals surface area contributed by atoms with Crippen molar-refractivity contribution in [2.45, 2.75) is 31.2 Å². The van der Waals surface area contributed by atoms with Crippen LogP contribution in [0.5, 0.6) is 0 Å². The first-order valence-corrected chi connectivity index (χ1v) is 8.61. The summed E-state index contributed by atoms with van der Waals surface area (Å²) >= 11 is 0. The number of nitriles is 1. The van der Waals surface area contributed by atoms with Crippen molar-refractivity contribution in [3.05, 3.63) is 71.4 Å². The van der Waals surface area contributed by atoms with Crippen LogP contribution in [0.15, 0.2) is 54.6 Å². The molecule has 1 aromatic heterocycles. The van der Waals surface area contributed by atoms with E-state index in [1.165, 1.54) is 5.56 Å². The normalized spacial score (nSPS) is 15.8. The van der Waals surface area contributed by atoms with E-state index in [0.29, 0.717) is 11.3 Å². The molecular weight excluding hydrogens is 310 g/mol. The fourth-order valence-corrected chi connectivity index (χ4v) is 3.83. The monoisotopic (exact) mass is 329 g/mol. The topological polar surface area (TPSA) is 68.7 Å². The smallest absolute Gasteiger partial charge is 0.268 e. The summed E-state index contributed by atoms with van der Waals surface area (Å²) in [5.74, 6) is -0.0968. The number of nitrogens with one attached hydrogen (secondary N) is 2. The Morgan fingerprint density at radius 2 is 1.84 bits per heavy atom. The van der Waals surface area contributed by atoms with Crippen LogP contribution in [0, 0.1) is 11.3 Å². The molecule has 0 saturated heterocycles. The fourth-order valence-electron chi connectivity index (χ4n) is 3.83. The number of rotatable bonds is 3. The van der Waals surface area contributed by atoms with Crippen molar-refractivity contribution >= 4 is 16.8 Å². The highest BCUT2D eigenvalue weighted by Gasteiger charge is 2.37. The van der Waals surface area contributed by atoms with Gasteiger partial charge in [0.15, 0.2) is 0 Å². The van der Waals surface area contributed by atoms with Crippen LogP contribution in [0.2, 0.25) is 0 Å². The molecule has 1 fully saturated rings. The minimum atomic E-state index is -0.284. The molecular formula is C21H19N3O. The highest BCUT2D eigenvalue weighted by atomic mass is 16.2. The summed E-state index contributed by atoms with van der Waals surface area (Å²) in [6.45, 7) is 0. The van der Waals surface area contributed by atoms with Crippen molar-refractivity contribution in [2.75, 3.05) is 0 Å². The van der Waals surface area contributed by atoms with Gasteiger partial charge in [0.1, 0.15) is 5.69 Å². The molecule has 0 aliphatic heterocycles. The van der Waals surface area contributed by atoms with Gasteiger partial charge in [-0.1, -0.05) is 43.2 Å². The highest BCUT2D eigenvalue weighted by molar-refractivity contribution is 5.98. The number of carbonyl (C=O) groups excluding carboxylic acids is 1. The molecule has 4 heteroatoms. The lowest BCUT2D eigenvalue weighted by Crippen LogP contribution is -2.43. The third kappa shape index (κ3) is 2.78. The zero-order chi connectivity index (χ0) is 17.3. The summed E-state index contributed by atoms with van der Waals surface area (Å²) in [5, 5.41) is 13.2. The number of aromatic amines is 1. The number of aromatic nitrogens is 1. The molecule has 0 atom stereocenters. The molecule has 4 nitrogen and oxygen atoms in total. The molecule has 124 valence electrons. The maximum atomic E-state index is 12.9. The Kier molecular flexibility index (Phi) is 3.77.